The Morgan fingerprint density at radius 1 is 1.44 bits per heavy atom. The number of alkyl halides is 1. The molecule has 1 aliphatic rings. The molecular formula is C12H24BrNO2. The van der Waals surface area contributed by atoms with E-state index in [0.717, 1.165) is 38.2 Å². The second-order valence-corrected chi connectivity index (χ2v) is 5.07. The van der Waals surface area contributed by atoms with Gasteiger partial charge in [0, 0.05) is 31.1 Å². The van der Waals surface area contributed by atoms with Gasteiger partial charge in [0.1, 0.15) is 0 Å². The largest absolute Gasteiger partial charge is 0.380 e. The number of unbranched alkanes of at least 4 members (excludes halogenated alkanes) is 1. The van der Waals surface area contributed by atoms with Crippen LogP contribution in [-0.2, 0) is 9.47 Å². The molecule has 1 saturated heterocycles. The Morgan fingerprint density at radius 3 is 2.94 bits per heavy atom. The first kappa shape index (κ1) is 14.4. The molecule has 4 heteroatoms. The summed E-state index contributed by atoms with van der Waals surface area (Å²) in [5, 5.41) is 0.924. The van der Waals surface area contributed by atoms with Crippen LogP contribution in [0.4, 0.5) is 0 Å². The average molecular weight is 294 g/mol. The maximum Gasteiger partial charge on any atom is 0.0799 e. The van der Waals surface area contributed by atoms with Gasteiger partial charge < -0.3 is 9.47 Å². The van der Waals surface area contributed by atoms with Crippen LogP contribution in [0.3, 0.4) is 0 Å². The summed E-state index contributed by atoms with van der Waals surface area (Å²) >= 11 is 3.48. The first-order valence-electron chi connectivity index (χ1n) is 6.27. The molecule has 1 rings (SSSR count). The van der Waals surface area contributed by atoms with Gasteiger partial charge in [0.15, 0.2) is 0 Å². The Morgan fingerprint density at radius 2 is 2.25 bits per heavy atom. The smallest absolute Gasteiger partial charge is 0.0799 e. The van der Waals surface area contributed by atoms with Crippen molar-refractivity contribution in [3.63, 3.8) is 0 Å². The van der Waals surface area contributed by atoms with E-state index in [-0.39, 0.29) is 0 Å². The van der Waals surface area contributed by atoms with E-state index in [1.807, 2.05) is 0 Å². The van der Waals surface area contributed by atoms with Gasteiger partial charge in [-0.25, -0.2) is 0 Å². The average Bonchev–Trinajstić information content (AvgIpc) is 2.31. The van der Waals surface area contributed by atoms with Gasteiger partial charge in [-0.15, -0.1) is 0 Å². The SMILES string of the molecule is CCCCOCCN1CC(CBr)OCC1C. The number of halogens is 1. The molecule has 0 N–H and O–H groups in total. The molecule has 1 fully saturated rings. The van der Waals surface area contributed by atoms with Gasteiger partial charge in [0.2, 0.25) is 0 Å². The van der Waals surface area contributed by atoms with Crippen LogP contribution in [0.25, 0.3) is 0 Å². The zero-order valence-corrected chi connectivity index (χ0v) is 12.0. The van der Waals surface area contributed by atoms with E-state index in [4.69, 9.17) is 9.47 Å². The van der Waals surface area contributed by atoms with Crippen molar-refractivity contribution in [2.45, 2.75) is 38.8 Å². The van der Waals surface area contributed by atoms with Crippen LogP contribution in [0.1, 0.15) is 26.7 Å². The lowest BCUT2D eigenvalue weighted by molar-refractivity contribution is -0.0545. The van der Waals surface area contributed by atoms with Gasteiger partial charge in [-0.05, 0) is 13.3 Å². The summed E-state index contributed by atoms with van der Waals surface area (Å²) in [7, 11) is 0. The summed E-state index contributed by atoms with van der Waals surface area (Å²) < 4.78 is 11.3. The molecule has 0 saturated carbocycles. The van der Waals surface area contributed by atoms with Crippen molar-refractivity contribution in [2.24, 2.45) is 0 Å². The molecule has 0 bridgehead atoms. The molecular weight excluding hydrogens is 270 g/mol. The minimum Gasteiger partial charge on any atom is -0.380 e. The van der Waals surface area contributed by atoms with Crippen molar-refractivity contribution >= 4 is 15.9 Å². The molecule has 1 heterocycles. The molecule has 3 nitrogen and oxygen atoms in total. The molecule has 2 atom stereocenters. The first-order valence-corrected chi connectivity index (χ1v) is 7.39. The third-order valence-electron chi connectivity index (χ3n) is 2.97. The van der Waals surface area contributed by atoms with Gasteiger partial charge in [0.05, 0.1) is 19.3 Å². The highest BCUT2D eigenvalue weighted by Gasteiger charge is 2.24. The summed E-state index contributed by atoms with van der Waals surface area (Å²) in [5.74, 6) is 0. The van der Waals surface area contributed by atoms with E-state index in [1.54, 1.807) is 0 Å². The third kappa shape index (κ3) is 5.13. The monoisotopic (exact) mass is 293 g/mol. The van der Waals surface area contributed by atoms with Gasteiger partial charge >= 0.3 is 0 Å². The number of hydrogen-bond donors (Lipinski definition) is 0. The second-order valence-electron chi connectivity index (χ2n) is 4.42. The number of rotatable bonds is 7. The number of nitrogens with zero attached hydrogens (tertiary/aromatic N) is 1. The molecule has 0 aromatic carbocycles. The molecule has 0 spiro atoms. The molecule has 0 aliphatic carbocycles. The van der Waals surface area contributed by atoms with E-state index >= 15 is 0 Å². The van der Waals surface area contributed by atoms with Crippen LogP contribution >= 0.6 is 15.9 Å². The van der Waals surface area contributed by atoms with E-state index in [2.05, 4.69) is 34.7 Å². The van der Waals surface area contributed by atoms with Crippen LogP contribution in [0, 0.1) is 0 Å². The lowest BCUT2D eigenvalue weighted by Gasteiger charge is -2.37. The van der Waals surface area contributed by atoms with E-state index in [9.17, 15) is 0 Å². The summed E-state index contributed by atoms with van der Waals surface area (Å²) in [5.41, 5.74) is 0. The zero-order chi connectivity index (χ0) is 11.8. The van der Waals surface area contributed by atoms with Crippen molar-refractivity contribution in [3.8, 4) is 0 Å². The fraction of sp³-hybridized carbons (Fsp3) is 1.00. The number of morpholine rings is 1. The normalized spacial score (nSPS) is 27.2. The molecule has 16 heavy (non-hydrogen) atoms. The van der Waals surface area contributed by atoms with Gasteiger partial charge in [-0.1, -0.05) is 29.3 Å². The Labute approximate surface area is 108 Å². The minimum atomic E-state index is 0.340. The molecule has 96 valence electrons. The molecule has 0 amide bonds. The maximum atomic E-state index is 5.69. The van der Waals surface area contributed by atoms with Crippen LogP contribution in [0.15, 0.2) is 0 Å². The first-order chi connectivity index (χ1) is 7.77. The maximum absolute atomic E-state index is 5.69. The third-order valence-corrected chi connectivity index (χ3v) is 3.69. The second kappa shape index (κ2) is 8.45. The Hall–Kier alpha value is 0.360. The zero-order valence-electron chi connectivity index (χ0n) is 10.5. The van der Waals surface area contributed by atoms with Crippen molar-refractivity contribution in [1.29, 1.82) is 0 Å². The molecule has 1 aliphatic heterocycles. The highest BCUT2D eigenvalue weighted by Crippen LogP contribution is 2.12. The van der Waals surface area contributed by atoms with Crippen LogP contribution in [0.2, 0.25) is 0 Å². The topological polar surface area (TPSA) is 21.7 Å². The number of hydrogen-bond acceptors (Lipinski definition) is 3. The van der Waals surface area contributed by atoms with E-state index < -0.39 is 0 Å². The highest BCUT2D eigenvalue weighted by molar-refractivity contribution is 9.09. The van der Waals surface area contributed by atoms with E-state index in [0.29, 0.717) is 12.1 Å². The van der Waals surface area contributed by atoms with Crippen LogP contribution in [-0.4, -0.2) is 55.3 Å². The Balaban J connectivity index is 2.13. The van der Waals surface area contributed by atoms with Crippen LogP contribution < -0.4 is 0 Å². The predicted octanol–water partition coefficient (Wildman–Crippen LogP) is 2.29. The highest BCUT2D eigenvalue weighted by atomic mass is 79.9. The Kier molecular flexibility index (Phi) is 7.62. The minimum absolute atomic E-state index is 0.340. The van der Waals surface area contributed by atoms with Crippen LogP contribution in [0.5, 0.6) is 0 Å². The molecule has 0 aromatic heterocycles. The van der Waals surface area contributed by atoms with Gasteiger partial charge in [-0.2, -0.15) is 0 Å². The van der Waals surface area contributed by atoms with Gasteiger partial charge in [0.25, 0.3) is 0 Å². The summed E-state index contributed by atoms with van der Waals surface area (Å²) in [6.45, 7) is 9.04. The molecule has 0 radical (unpaired) electrons. The fourth-order valence-electron chi connectivity index (χ4n) is 1.81. The fourth-order valence-corrected chi connectivity index (χ4v) is 2.20. The lowest BCUT2D eigenvalue weighted by Crippen LogP contribution is -2.49. The lowest BCUT2D eigenvalue weighted by atomic mass is 10.2. The predicted molar refractivity (Wildman–Crippen MR) is 70.3 cm³/mol. The van der Waals surface area contributed by atoms with Crippen molar-refractivity contribution in [2.75, 3.05) is 38.2 Å². The summed E-state index contributed by atoms with van der Waals surface area (Å²) in [6.07, 6.45) is 2.72. The summed E-state index contributed by atoms with van der Waals surface area (Å²) in [6, 6.07) is 0.519. The van der Waals surface area contributed by atoms with E-state index in [1.165, 1.54) is 12.8 Å². The van der Waals surface area contributed by atoms with Crippen molar-refractivity contribution in [3.05, 3.63) is 0 Å². The van der Waals surface area contributed by atoms with Crippen molar-refractivity contribution < 1.29 is 9.47 Å². The van der Waals surface area contributed by atoms with Gasteiger partial charge in [-0.3, -0.25) is 4.90 Å². The quantitative estimate of drug-likeness (QED) is 0.531. The molecule has 2 unspecified atom stereocenters. The summed E-state index contributed by atoms with van der Waals surface area (Å²) in [4.78, 5) is 2.46. The Bertz CT molecular complexity index is 180. The molecule has 0 aromatic rings. The van der Waals surface area contributed by atoms with Crippen molar-refractivity contribution in [1.82, 2.24) is 4.90 Å². The standard InChI is InChI=1S/C12H24BrNO2/c1-3-4-6-15-7-5-14-9-12(8-13)16-10-11(14)2/h11-12H,3-10H2,1-2H3. The number of ether oxygens (including phenoxy) is 2.